The number of aromatic nitrogens is 2. The Morgan fingerprint density at radius 2 is 2.16 bits per heavy atom. The molecule has 2 fully saturated rings. The van der Waals surface area contributed by atoms with Crippen molar-refractivity contribution in [3.63, 3.8) is 0 Å². The van der Waals surface area contributed by atoms with Crippen LogP contribution in [0.1, 0.15) is 50.3 Å². The molecule has 0 aromatic carbocycles. The number of aromatic amines is 1. The first kappa shape index (κ1) is 12.7. The van der Waals surface area contributed by atoms with Crippen LogP contribution in [0.2, 0.25) is 0 Å². The average Bonchev–Trinajstić information content (AvgIpc) is 3.15. The van der Waals surface area contributed by atoms with Crippen LogP contribution in [0, 0.1) is 0 Å². The van der Waals surface area contributed by atoms with E-state index in [1.165, 1.54) is 19.3 Å². The normalized spacial score (nSPS) is 19.2. The summed E-state index contributed by atoms with van der Waals surface area (Å²) in [7, 11) is 0. The van der Waals surface area contributed by atoms with Gasteiger partial charge in [-0.1, -0.05) is 0 Å². The van der Waals surface area contributed by atoms with Crippen LogP contribution in [0.25, 0.3) is 0 Å². The zero-order valence-corrected chi connectivity index (χ0v) is 11.1. The SMILES string of the molecule is O=c1cc(N(CCCO)C2CCC2)nc(C2CC2)[nH]1. The number of aliphatic hydroxyl groups is 1. The molecular formula is C14H21N3O2. The monoisotopic (exact) mass is 263 g/mol. The Kier molecular flexibility index (Phi) is 3.55. The summed E-state index contributed by atoms with van der Waals surface area (Å²) in [5, 5.41) is 9.03. The highest BCUT2D eigenvalue weighted by atomic mass is 16.3. The van der Waals surface area contributed by atoms with Crippen LogP contribution >= 0.6 is 0 Å². The largest absolute Gasteiger partial charge is 0.396 e. The summed E-state index contributed by atoms with van der Waals surface area (Å²) in [6, 6.07) is 2.09. The fourth-order valence-electron chi connectivity index (χ4n) is 2.58. The zero-order valence-electron chi connectivity index (χ0n) is 11.1. The van der Waals surface area contributed by atoms with Crippen molar-refractivity contribution < 1.29 is 5.11 Å². The molecule has 0 unspecified atom stereocenters. The summed E-state index contributed by atoms with van der Waals surface area (Å²) in [6.45, 7) is 0.962. The molecule has 19 heavy (non-hydrogen) atoms. The molecule has 0 atom stereocenters. The molecule has 1 aromatic heterocycles. The second kappa shape index (κ2) is 5.33. The van der Waals surface area contributed by atoms with Gasteiger partial charge in [0.25, 0.3) is 5.56 Å². The molecular weight excluding hydrogens is 242 g/mol. The van der Waals surface area contributed by atoms with E-state index in [4.69, 9.17) is 5.11 Å². The molecule has 1 aromatic rings. The van der Waals surface area contributed by atoms with E-state index >= 15 is 0 Å². The first-order chi connectivity index (χ1) is 9.28. The van der Waals surface area contributed by atoms with E-state index in [0.29, 0.717) is 12.0 Å². The molecule has 5 heteroatoms. The van der Waals surface area contributed by atoms with Gasteiger partial charge in [-0.2, -0.15) is 0 Å². The van der Waals surface area contributed by atoms with Crippen LogP contribution in [-0.2, 0) is 0 Å². The Bertz CT molecular complexity index is 492. The second-order valence-corrected chi connectivity index (χ2v) is 5.62. The highest BCUT2D eigenvalue weighted by molar-refractivity contribution is 5.40. The number of anilines is 1. The van der Waals surface area contributed by atoms with Gasteiger partial charge in [-0.3, -0.25) is 4.79 Å². The van der Waals surface area contributed by atoms with Crippen LogP contribution < -0.4 is 10.5 Å². The van der Waals surface area contributed by atoms with Gasteiger partial charge in [-0.15, -0.1) is 0 Å². The van der Waals surface area contributed by atoms with Crippen molar-refractivity contribution >= 4 is 5.82 Å². The van der Waals surface area contributed by atoms with E-state index < -0.39 is 0 Å². The van der Waals surface area contributed by atoms with Crippen molar-refractivity contribution in [3.05, 3.63) is 22.2 Å². The summed E-state index contributed by atoms with van der Waals surface area (Å²) in [4.78, 5) is 21.5. The fraction of sp³-hybridized carbons (Fsp3) is 0.714. The Morgan fingerprint density at radius 3 is 2.74 bits per heavy atom. The predicted octanol–water partition coefficient (Wildman–Crippen LogP) is 1.39. The van der Waals surface area contributed by atoms with Crippen molar-refractivity contribution in [1.82, 2.24) is 9.97 Å². The third-order valence-corrected chi connectivity index (χ3v) is 4.08. The average molecular weight is 263 g/mol. The highest BCUT2D eigenvalue weighted by Crippen LogP contribution is 2.38. The quantitative estimate of drug-likeness (QED) is 0.813. The third-order valence-electron chi connectivity index (χ3n) is 4.08. The number of aliphatic hydroxyl groups excluding tert-OH is 1. The molecule has 104 valence electrons. The maximum atomic E-state index is 11.8. The number of H-pyrrole nitrogens is 1. The molecule has 0 radical (unpaired) electrons. The summed E-state index contributed by atoms with van der Waals surface area (Å²) in [5.41, 5.74) is -0.0554. The molecule has 5 nitrogen and oxygen atoms in total. The molecule has 0 amide bonds. The smallest absolute Gasteiger partial charge is 0.252 e. The lowest BCUT2D eigenvalue weighted by molar-refractivity contribution is 0.282. The van der Waals surface area contributed by atoms with Gasteiger partial charge in [-0.05, 0) is 38.5 Å². The van der Waals surface area contributed by atoms with Crippen molar-refractivity contribution in [2.45, 2.75) is 50.5 Å². The highest BCUT2D eigenvalue weighted by Gasteiger charge is 2.29. The van der Waals surface area contributed by atoms with Crippen LogP contribution in [0.15, 0.2) is 10.9 Å². The van der Waals surface area contributed by atoms with Crippen LogP contribution in [0.5, 0.6) is 0 Å². The minimum Gasteiger partial charge on any atom is -0.396 e. The number of nitrogens with one attached hydrogen (secondary N) is 1. The Labute approximate surface area is 112 Å². The Balaban J connectivity index is 1.85. The lowest BCUT2D eigenvalue weighted by atomic mass is 9.91. The second-order valence-electron chi connectivity index (χ2n) is 5.62. The van der Waals surface area contributed by atoms with Crippen LogP contribution in [0.4, 0.5) is 5.82 Å². The van der Waals surface area contributed by atoms with Gasteiger partial charge in [0.05, 0.1) is 0 Å². The van der Waals surface area contributed by atoms with Crippen molar-refractivity contribution in [3.8, 4) is 0 Å². The zero-order chi connectivity index (χ0) is 13.2. The van der Waals surface area contributed by atoms with E-state index in [2.05, 4.69) is 14.9 Å². The van der Waals surface area contributed by atoms with Crippen LogP contribution in [0.3, 0.4) is 0 Å². The van der Waals surface area contributed by atoms with Gasteiger partial charge in [0.2, 0.25) is 0 Å². The molecule has 3 rings (SSSR count). The Hall–Kier alpha value is -1.36. The molecule has 2 aliphatic rings. The van der Waals surface area contributed by atoms with Gasteiger partial charge >= 0.3 is 0 Å². The fourth-order valence-corrected chi connectivity index (χ4v) is 2.58. The minimum absolute atomic E-state index is 0.0554. The number of nitrogens with zero attached hydrogens (tertiary/aromatic N) is 2. The first-order valence-electron chi connectivity index (χ1n) is 7.26. The maximum Gasteiger partial charge on any atom is 0.252 e. The van der Waals surface area contributed by atoms with Gasteiger partial charge in [-0.25, -0.2) is 4.98 Å². The number of rotatable bonds is 6. The molecule has 2 aliphatic carbocycles. The van der Waals surface area contributed by atoms with Crippen LogP contribution in [-0.4, -0.2) is 34.3 Å². The number of hydrogen-bond donors (Lipinski definition) is 2. The lowest BCUT2D eigenvalue weighted by Crippen LogP contribution is -2.42. The van der Waals surface area contributed by atoms with Crippen molar-refractivity contribution in [1.29, 1.82) is 0 Å². The van der Waals surface area contributed by atoms with Gasteiger partial charge in [0.1, 0.15) is 11.6 Å². The first-order valence-corrected chi connectivity index (χ1v) is 7.26. The summed E-state index contributed by atoms with van der Waals surface area (Å²) in [6.07, 6.45) is 6.57. The molecule has 1 heterocycles. The van der Waals surface area contributed by atoms with E-state index in [0.717, 1.165) is 37.4 Å². The third kappa shape index (κ3) is 2.81. The van der Waals surface area contributed by atoms with Gasteiger partial charge < -0.3 is 15.0 Å². The predicted molar refractivity (Wildman–Crippen MR) is 73.5 cm³/mol. The molecule has 0 bridgehead atoms. The standard InChI is InChI=1S/C14H21N3O2/c18-8-2-7-17(11-3-1-4-11)12-9-13(19)16-14(15-12)10-5-6-10/h9-11,18H,1-8H2,(H,15,16,19). The van der Waals surface area contributed by atoms with Crippen molar-refractivity contribution in [2.24, 2.45) is 0 Å². The summed E-state index contributed by atoms with van der Waals surface area (Å²) in [5.74, 6) is 2.09. The van der Waals surface area contributed by atoms with E-state index in [9.17, 15) is 4.79 Å². The van der Waals surface area contributed by atoms with E-state index in [1.54, 1.807) is 6.07 Å². The molecule has 0 spiro atoms. The molecule has 2 N–H and O–H groups in total. The number of hydrogen-bond acceptors (Lipinski definition) is 4. The van der Waals surface area contributed by atoms with E-state index in [-0.39, 0.29) is 12.2 Å². The maximum absolute atomic E-state index is 11.8. The summed E-state index contributed by atoms with van der Waals surface area (Å²) >= 11 is 0. The Morgan fingerprint density at radius 1 is 1.37 bits per heavy atom. The lowest BCUT2D eigenvalue weighted by Gasteiger charge is -2.38. The van der Waals surface area contributed by atoms with E-state index in [1.807, 2.05) is 0 Å². The molecule has 2 saturated carbocycles. The van der Waals surface area contributed by atoms with Gasteiger partial charge in [0.15, 0.2) is 0 Å². The van der Waals surface area contributed by atoms with Crippen molar-refractivity contribution in [2.75, 3.05) is 18.1 Å². The van der Waals surface area contributed by atoms with Gasteiger partial charge in [0, 0.05) is 31.2 Å². The molecule has 0 aliphatic heterocycles. The molecule has 0 saturated heterocycles. The summed E-state index contributed by atoms with van der Waals surface area (Å²) < 4.78 is 0. The topological polar surface area (TPSA) is 69.2 Å². The minimum atomic E-state index is -0.0554.